The molecule has 1 unspecified atom stereocenters. The third kappa shape index (κ3) is 3.72. The Balaban J connectivity index is 1.42. The number of methoxy groups -OCH3 is 1. The Morgan fingerprint density at radius 1 is 1.06 bits per heavy atom. The number of nitrogens with zero attached hydrogens (tertiary/aromatic N) is 4. The van der Waals surface area contributed by atoms with Crippen molar-refractivity contribution in [3.05, 3.63) is 84.2 Å². The molecule has 1 aliphatic heterocycles. The van der Waals surface area contributed by atoms with Gasteiger partial charge < -0.3 is 10.5 Å². The number of hydrogen-bond donors (Lipinski definition) is 1. The molecule has 1 aliphatic rings. The maximum absolute atomic E-state index is 6.46. The summed E-state index contributed by atoms with van der Waals surface area (Å²) in [4.78, 5) is 11.0. The quantitative estimate of drug-likeness (QED) is 0.465. The first-order chi connectivity index (χ1) is 15.1. The molecule has 6 nitrogen and oxygen atoms in total. The van der Waals surface area contributed by atoms with Crippen LogP contribution in [0.2, 0.25) is 0 Å². The van der Waals surface area contributed by atoms with E-state index in [4.69, 9.17) is 22.1 Å². The van der Waals surface area contributed by atoms with Gasteiger partial charge in [-0.25, -0.2) is 9.99 Å². The summed E-state index contributed by atoms with van der Waals surface area (Å²) in [6.07, 6.45) is 3.08. The lowest BCUT2D eigenvalue weighted by Gasteiger charge is -2.31. The molecule has 0 bridgehead atoms. The number of hydrazone groups is 1. The highest BCUT2D eigenvalue weighted by molar-refractivity contribution is 7.99. The minimum atomic E-state index is -0.402. The fourth-order valence-corrected chi connectivity index (χ4v) is 4.64. The van der Waals surface area contributed by atoms with Gasteiger partial charge in [0.1, 0.15) is 17.4 Å². The van der Waals surface area contributed by atoms with Crippen LogP contribution in [0.5, 0.6) is 5.75 Å². The van der Waals surface area contributed by atoms with Crippen molar-refractivity contribution in [2.45, 2.75) is 16.0 Å². The van der Waals surface area contributed by atoms with Gasteiger partial charge in [-0.3, -0.25) is 4.98 Å². The topological polar surface area (TPSA) is 76.6 Å². The maximum Gasteiger partial charge on any atom is 0.157 e. The normalized spacial score (nSPS) is 15.5. The van der Waals surface area contributed by atoms with Crippen LogP contribution >= 0.6 is 23.4 Å². The lowest BCUT2D eigenvalue weighted by Crippen LogP contribution is -2.35. The van der Waals surface area contributed by atoms with Crippen LogP contribution in [0.25, 0.3) is 11.0 Å². The molecular weight excluding hydrogens is 430 g/mol. The van der Waals surface area contributed by atoms with Gasteiger partial charge in [-0.05, 0) is 30.3 Å². The van der Waals surface area contributed by atoms with Gasteiger partial charge in [-0.1, -0.05) is 47.6 Å². The Hall–Kier alpha value is -3.13. The third-order valence-electron chi connectivity index (χ3n) is 5.04. The molecule has 31 heavy (non-hydrogen) atoms. The molecule has 3 heterocycles. The molecule has 0 saturated heterocycles. The van der Waals surface area contributed by atoms with Crippen molar-refractivity contribution in [3.63, 3.8) is 0 Å². The summed E-state index contributed by atoms with van der Waals surface area (Å²) < 4.78 is 5.25. The minimum absolute atomic E-state index is 0.402. The van der Waals surface area contributed by atoms with Crippen LogP contribution in [0, 0.1) is 0 Å². The molecule has 0 saturated carbocycles. The summed E-state index contributed by atoms with van der Waals surface area (Å²) >= 11 is 8.02. The first-order valence-corrected chi connectivity index (χ1v) is 10.8. The van der Waals surface area contributed by atoms with Gasteiger partial charge in [0.05, 0.1) is 24.5 Å². The zero-order valence-corrected chi connectivity index (χ0v) is 18.1. The van der Waals surface area contributed by atoms with E-state index >= 15 is 0 Å². The summed E-state index contributed by atoms with van der Waals surface area (Å²) in [6, 6.07) is 19.7. The molecule has 0 fully saturated rings. The Morgan fingerprint density at radius 2 is 1.87 bits per heavy atom. The van der Waals surface area contributed by atoms with Crippen LogP contribution in [0.4, 0.5) is 5.69 Å². The number of ether oxygens (including phenoxy) is 1. The molecule has 1 atom stereocenters. The van der Waals surface area contributed by atoms with Gasteiger partial charge in [0.25, 0.3) is 0 Å². The lowest BCUT2D eigenvalue weighted by atomic mass is 10.0. The Bertz CT molecular complexity index is 1290. The van der Waals surface area contributed by atoms with Crippen LogP contribution < -0.4 is 15.5 Å². The molecule has 0 radical (unpaired) electrons. The molecule has 2 aromatic carbocycles. The van der Waals surface area contributed by atoms with Crippen molar-refractivity contribution in [3.8, 4) is 5.75 Å². The van der Waals surface area contributed by atoms with Crippen molar-refractivity contribution in [1.29, 1.82) is 0 Å². The second-order valence-electron chi connectivity index (χ2n) is 6.92. The summed E-state index contributed by atoms with van der Waals surface area (Å²) in [5.41, 5.74) is 10.8. The van der Waals surface area contributed by atoms with Crippen LogP contribution in [-0.2, 0) is 0 Å². The third-order valence-corrected chi connectivity index (χ3v) is 6.38. The van der Waals surface area contributed by atoms with Crippen LogP contribution in [0.1, 0.15) is 17.3 Å². The fourth-order valence-electron chi connectivity index (χ4n) is 3.48. The Morgan fingerprint density at radius 3 is 2.68 bits per heavy atom. The van der Waals surface area contributed by atoms with Crippen molar-refractivity contribution in [1.82, 2.24) is 9.97 Å². The molecular formula is C23H18ClN5OS. The molecule has 8 heteroatoms. The fraction of sp³-hybridized carbons (Fsp3) is 0.0870. The summed E-state index contributed by atoms with van der Waals surface area (Å²) in [7, 11) is 1.62. The van der Waals surface area contributed by atoms with Gasteiger partial charge in [0.2, 0.25) is 0 Å². The van der Waals surface area contributed by atoms with Gasteiger partial charge in [-0.15, -0.1) is 0 Å². The van der Waals surface area contributed by atoms with E-state index in [1.54, 1.807) is 36.3 Å². The average Bonchev–Trinajstić information content (AvgIpc) is 2.82. The molecule has 154 valence electrons. The predicted molar refractivity (Wildman–Crippen MR) is 125 cm³/mol. The van der Waals surface area contributed by atoms with Crippen molar-refractivity contribution in [2.24, 2.45) is 10.8 Å². The Labute approximate surface area is 188 Å². The molecule has 2 N–H and O–H groups in total. The van der Waals surface area contributed by atoms with Crippen LogP contribution in [-0.4, -0.2) is 22.2 Å². The van der Waals surface area contributed by atoms with Crippen LogP contribution in [0.15, 0.2) is 87.9 Å². The predicted octanol–water partition coefficient (Wildman–Crippen LogP) is 5.17. The second kappa shape index (κ2) is 8.19. The number of aromatic nitrogens is 2. The molecule has 0 amide bonds. The zero-order valence-electron chi connectivity index (χ0n) is 16.6. The summed E-state index contributed by atoms with van der Waals surface area (Å²) in [5.74, 6) is 0.685. The standard InChI is InChI=1S/C23H18ClN5OS/c1-30-15-12-19-21(27-13-15)20(10-11-26-19)31-16-8-6-14(7-9-16)29-23(25)18-5-3-2-4-17(18)22(24)28-29/h2-13,23H,25H2,1H3. The average molecular weight is 448 g/mol. The molecule has 0 spiro atoms. The number of nitrogens with two attached hydrogens (primary N) is 1. The largest absolute Gasteiger partial charge is 0.495 e. The number of benzene rings is 2. The van der Waals surface area contributed by atoms with E-state index in [1.807, 2.05) is 60.7 Å². The highest BCUT2D eigenvalue weighted by atomic mass is 35.5. The van der Waals surface area contributed by atoms with E-state index in [2.05, 4.69) is 15.1 Å². The smallest absolute Gasteiger partial charge is 0.157 e. The molecule has 4 aromatic rings. The monoisotopic (exact) mass is 447 g/mol. The number of rotatable bonds is 4. The molecule has 0 aliphatic carbocycles. The van der Waals surface area contributed by atoms with E-state index in [0.717, 1.165) is 37.6 Å². The first-order valence-electron chi connectivity index (χ1n) is 9.59. The van der Waals surface area contributed by atoms with Gasteiger partial charge >= 0.3 is 0 Å². The number of halogens is 1. The van der Waals surface area contributed by atoms with Gasteiger partial charge in [-0.2, -0.15) is 5.10 Å². The van der Waals surface area contributed by atoms with Gasteiger partial charge in [0.15, 0.2) is 5.17 Å². The number of hydrogen-bond acceptors (Lipinski definition) is 7. The van der Waals surface area contributed by atoms with Gasteiger partial charge in [0, 0.05) is 33.2 Å². The number of pyridine rings is 2. The first kappa shape index (κ1) is 19.8. The summed E-state index contributed by atoms with van der Waals surface area (Å²) in [5, 5.41) is 6.68. The number of anilines is 1. The lowest BCUT2D eigenvalue weighted by molar-refractivity contribution is 0.413. The molecule has 5 rings (SSSR count). The highest BCUT2D eigenvalue weighted by Gasteiger charge is 2.26. The summed E-state index contributed by atoms with van der Waals surface area (Å²) in [6.45, 7) is 0. The number of fused-ring (bicyclic) bond motifs is 2. The molecule has 2 aromatic heterocycles. The maximum atomic E-state index is 6.46. The van der Waals surface area contributed by atoms with Crippen LogP contribution in [0.3, 0.4) is 0 Å². The van der Waals surface area contributed by atoms with E-state index < -0.39 is 6.17 Å². The SMILES string of the molecule is COc1cnc2c(Sc3ccc(N4N=C(Cl)c5ccccc5C4N)cc3)ccnc2c1. The van der Waals surface area contributed by atoms with Crippen molar-refractivity contribution in [2.75, 3.05) is 12.1 Å². The Kier molecular flexibility index (Phi) is 5.23. The van der Waals surface area contributed by atoms with E-state index in [9.17, 15) is 0 Å². The second-order valence-corrected chi connectivity index (χ2v) is 8.39. The van der Waals surface area contributed by atoms with Crippen molar-refractivity contribution < 1.29 is 4.74 Å². The zero-order chi connectivity index (χ0) is 21.4. The van der Waals surface area contributed by atoms with E-state index in [1.165, 1.54) is 0 Å². The van der Waals surface area contributed by atoms with E-state index in [0.29, 0.717) is 10.9 Å². The minimum Gasteiger partial charge on any atom is -0.495 e. The highest BCUT2D eigenvalue weighted by Crippen LogP contribution is 2.36. The van der Waals surface area contributed by atoms with Crippen molar-refractivity contribution >= 4 is 45.3 Å². The van der Waals surface area contributed by atoms with E-state index in [-0.39, 0.29) is 0 Å².